The molecule has 0 radical (unpaired) electrons. The van der Waals surface area contributed by atoms with Gasteiger partial charge < -0.3 is 29.8 Å². The number of fused-ring (bicyclic) bond motifs is 1. The molecule has 3 amide bonds. The van der Waals surface area contributed by atoms with Crippen molar-refractivity contribution in [3.63, 3.8) is 0 Å². The molecule has 52 heavy (non-hydrogen) atoms. The van der Waals surface area contributed by atoms with Crippen molar-refractivity contribution in [3.05, 3.63) is 168 Å². The number of nitrogens with one attached hydrogen (secondary N) is 3. The Hall–Kier alpha value is -6.52. The van der Waals surface area contributed by atoms with Gasteiger partial charge in [0, 0.05) is 39.5 Å². The molecule has 0 spiro atoms. The molecule has 0 saturated heterocycles. The van der Waals surface area contributed by atoms with Crippen LogP contribution in [-0.2, 0) is 9.59 Å². The van der Waals surface area contributed by atoms with E-state index in [1.54, 1.807) is 60.7 Å². The van der Waals surface area contributed by atoms with Crippen molar-refractivity contribution >= 4 is 46.9 Å². The number of benzene rings is 5. The lowest BCUT2D eigenvalue weighted by atomic mass is 10.1. The lowest BCUT2D eigenvalue weighted by Crippen LogP contribution is -2.30. The highest BCUT2D eigenvalue weighted by Gasteiger charge is 2.24. The lowest BCUT2D eigenvalue weighted by Gasteiger charge is -2.20. The topological polar surface area (TPSA) is 119 Å². The van der Waals surface area contributed by atoms with Gasteiger partial charge in [-0.05, 0) is 66.2 Å². The van der Waals surface area contributed by atoms with Crippen LogP contribution in [0.15, 0.2) is 161 Å². The van der Waals surface area contributed by atoms with Crippen LogP contribution in [0.2, 0.25) is 0 Å². The smallest absolute Gasteiger partial charge is 0.272 e. The molecule has 9 nitrogen and oxygen atoms in total. The van der Waals surface area contributed by atoms with Gasteiger partial charge in [-0.25, -0.2) is 0 Å². The van der Waals surface area contributed by atoms with Crippen LogP contribution in [0.3, 0.4) is 0 Å². The van der Waals surface area contributed by atoms with Gasteiger partial charge in [0.05, 0.1) is 0 Å². The van der Waals surface area contributed by atoms with Gasteiger partial charge in [-0.15, -0.1) is 11.8 Å². The second-order valence-corrected chi connectivity index (χ2v) is 12.9. The minimum Gasteiger partial charge on any atom is -0.486 e. The van der Waals surface area contributed by atoms with Gasteiger partial charge in [0.25, 0.3) is 11.8 Å². The SMILES string of the molecule is O=C(Nc1ccc(SC(C(=O)Nc2ccc3c(c2)OCCO3)c2ccccc2)cc1)C(=Cc1ccc(-c2ccccc2)o1)NC(=O)c1ccccc1. The number of ether oxygens (including phenoxy) is 2. The predicted molar refractivity (Wildman–Crippen MR) is 202 cm³/mol. The number of hydrogen-bond acceptors (Lipinski definition) is 7. The molecule has 0 saturated carbocycles. The van der Waals surface area contributed by atoms with E-state index in [0.717, 1.165) is 16.0 Å². The van der Waals surface area contributed by atoms with Gasteiger partial charge in [0.15, 0.2) is 11.5 Å². The standard InChI is InChI=1S/C42H33N3O6S/c46-40(30-14-8-3-9-15-30)45-35(27-33-19-23-36(51-33)28-10-4-1-5-11-28)41(47)43-31-16-20-34(21-17-31)52-39(29-12-6-2-7-13-29)42(48)44-32-18-22-37-38(26-32)50-25-24-49-37/h1-23,26-27,39H,24-25H2,(H,43,47)(H,44,48)(H,45,46). The molecule has 2 heterocycles. The maximum atomic E-state index is 13.7. The Morgan fingerprint density at radius 2 is 1.31 bits per heavy atom. The van der Waals surface area contributed by atoms with Crippen LogP contribution in [0.1, 0.15) is 26.9 Å². The fraction of sp³-hybridized carbons (Fsp3) is 0.0714. The first-order valence-corrected chi connectivity index (χ1v) is 17.4. The molecule has 7 rings (SSSR count). The molecule has 258 valence electrons. The number of rotatable bonds is 11. The van der Waals surface area contributed by atoms with Crippen molar-refractivity contribution in [3.8, 4) is 22.8 Å². The Labute approximate surface area is 304 Å². The second-order valence-electron chi connectivity index (χ2n) is 11.7. The average molecular weight is 708 g/mol. The minimum atomic E-state index is -0.577. The van der Waals surface area contributed by atoms with E-state index in [-0.39, 0.29) is 11.6 Å². The normalized spacial score (nSPS) is 12.7. The van der Waals surface area contributed by atoms with Crippen molar-refractivity contribution < 1.29 is 28.3 Å². The maximum Gasteiger partial charge on any atom is 0.272 e. The highest BCUT2D eigenvalue weighted by atomic mass is 32.2. The molecule has 1 atom stereocenters. The summed E-state index contributed by atoms with van der Waals surface area (Å²) in [4.78, 5) is 41.3. The Bertz CT molecular complexity index is 2200. The Balaban J connectivity index is 1.08. The van der Waals surface area contributed by atoms with Crippen molar-refractivity contribution in [2.45, 2.75) is 10.1 Å². The summed E-state index contributed by atoms with van der Waals surface area (Å²) in [5.41, 5.74) is 3.21. The molecule has 5 aromatic carbocycles. The maximum absolute atomic E-state index is 13.7. The third-order valence-electron chi connectivity index (χ3n) is 8.02. The largest absolute Gasteiger partial charge is 0.486 e. The summed E-state index contributed by atoms with van der Waals surface area (Å²) in [7, 11) is 0. The molecule has 0 bridgehead atoms. The highest BCUT2D eigenvalue weighted by Crippen LogP contribution is 2.38. The third-order valence-corrected chi connectivity index (χ3v) is 9.28. The summed E-state index contributed by atoms with van der Waals surface area (Å²) < 4.78 is 17.3. The zero-order valence-electron chi connectivity index (χ0n) is 27.8. The van der Waals surface area contributed by atoms with Crippen molar-refractivity contribution in [2.75, 3.05) is 23.8 Å². The van der Waals surface area contributed by atoms with E-state index in [0.29, 0.717) is 53.2 Å². The minimum absolute atomic E-state index is 0.00113. The second kappa shape index (κ2) is 16.0. The first-order chi connectivity index (χ1) is 25.5. The van der Waals surface area contributed by atoms with Gasteiger partial charge in [-0.2, -0.15) is 0 Å². The quantitative estimate of drug-likeness (QED) is 0.0912. The Morgan fingerprint density at radius 1 is 0.654 bits per heavy atom. The Morgan fingerprint density at radius 3 is 2.04 bits per heavy atom. The van der Waals surface area contributed by atoms with Crippen LogP contribution in [0.25, 0.3) is 17.4 Å². The first kappa shape index (κ1) is 34.0. The van der Waals surface area contributed by atoms with E-state index in [2.05, 4.69) is 16.0 Å². The van der Waals surface area contributed by atoms with Crippen LogP contribution in [-0.4, -0.2) is 30.9 Å². The van der Waals surface area contributed by atoms with Gasteiger partial charge in [-0.1, -0.05) is 78.9 Å². The van der Waals surface area contributed by atoms with Crippen LogP contribution in [0.4, 0.5) is 11.4 Å². The monoisotopic (exact) mass is 707 g/mol. The summed E-state index contributed by atoms with van der Waals surface area (Å²) in [6.45, 7) is 0.931. The number of anilines is 2. The van der Waals surface area contributed by atoms with E-state index in [1.165, 1.54) is 17.8 Å². The van der Waals surface area contributed by atoms with E-state index in [9.17, 15) is 14.4 Å². The number of amides is 3. The predicted octanol–water partition coefficient (Wildman–Crippen LogP) is 8.60. The third kappa shape index (κ3) is 8.43. The molecule has 3 N–H and O–H groups in total. The van der Waals surface area contributed by atoms with Crippen LogP contribution < -0.4 is 25.4 Å². The molecule has 1 aliphatic rings. The number of carbonyl (C=O) groups is 3. The summed E-state index contributed by atoms with van der Waals surface area (Å²) in [6.07, 6.45) is 1.50. The lowest BCUT2D eigenvalue weighted by molar-refractivity contribution is -0.116. The van der Waals surface area contributed by atoms with Gasteiger partial charge in [0.1, 0.15) is 35.7 Å². The van der Waals surface area contributed by atoms with Gasteiger partial charge >= 0.3 is 0 Å². The molecule has 0 aliphatic carbocycles. The van der Waals surface area contributed by atoms with Crippen LogP contribution >= 0.6 is 11.8 Å². The van der Waals surface area contributed by atoms with E-state index < -0.39 is 17.1 Å². The number of thioether (sulfide) groups is 1. The fourth-order valence-electron chi connectivity index (χ4n) is 5.45. The van der Waals surface area contributed by atoms with Gasteiger partial charge in [0.2, 0.25) is 5.91 Å². The molecular weight excluding hydrogens is 675 g/mol. The summed E-state index contributed by atoms with van der Waals surface area (Å²) in [5.74, 6) is 1.07. The van der Waals surface area contributed by atoms with Crippen molar-refractivity contribution in [1.82, 2.24) is 5.32 Å². The van der Waals surface area contributed by atoms with Crippen LogP contribution in [0, 0.1) is 0 Å². The summed E-state index contributed by atoms with van der Waals surface area (Å²) in [6, 6.07) is 43.8. The molecule has 1 unspecified atom stereocenters. The number of hydrogen-bond donors (Lipinski definition) is 3. The molecular formula is C42H33N3O6S. The number of furan rings is 1. The molecule has 6 aromatic rings. The zero-order valence-corrected chi connectivity index (χ0v) is 28.6. The molecule has 1 aliphatic heterocycles. The zero-order chi connectivity index (χ0) is 35.7. The van der Waals surface area contributed by atoms with Crippen LogP contribution in [0.5, 0.6) is 11.5 Å². The molecule has 1 aromatic heterocycles. The van der Waals surface area contributed by atoms with Gasteiger partial charge in [-0.3, -0.25) is 14.4 Å². The number of carbonyl (C=O) groups excluding carboxylic acids is 3. The first-order valence-electron chi connectivity index (χ1n) is 16.6. The average Bonchev–Trinajstić information content (AvgIpc) is 3.67. The fourth-order valence-corrected chi connectivity index (χ4v) is 6.48. The Kier molecular flexibility index (Phi) is 10.5. The molecule has 10 heteroatoms. The van der Waals surface area contributed by atoms with E-state index in [4.69, 9.17) is 13.9 Å². The van der Waals surface area contributed by atoms with Crippen molar-refractivity contribution in [1.29, 1.82) is 0 Å². The van der Waals surface area contributed by atoms with E-state index in [1.807, 2.05) is 84.9 Å². The molecule has 0 fully saturated rings. The summed E-state index contributed by atoms with van der Waals surface area (Å²) >= 11 is 1.38. The summed E-state index contributed by atoms with van der Waals surface area (Å²) in [5, 5.41) is 8.06. The van der Waals surface area contributed by atoms with Crippen molar-refractivity contribution in [2.24, 2.45) is 0 Å². The highest BCUT2D eigenvalue weighted by molar-refractivity contribution is 8.00. The van der Waals surface area contributed by atoms with E-state index >= 15 is 0 Å².